The number of fused-ring (bicyclic) bond motifs is 1. The van der Waals surface area contributed by atoms with Crippen molar-refractivity contribution in [2.45, 2.75) is 47.5 Å². The summed E-state index contributed by atoms with van der Waals surface area (Å²) in [7, 11) is -6.00. The third kappa shape index (κ3) is 6.73. The highest BCUT2D eigenvalue weighted by atomic mass is 19.5. The van der Waals surface area contributed by atoms with E-state index >= 15 is 0 Å². The van der Waals surface area contributed by atoms with Gasteiger partial charge in [-0.25, -0.2) is 0 Å². The summed E-state index contributed by atoms with van der Waals surface area (Å²) in [5.41, 5.74) is 2.86. The third-order valence-electron chi connectivity index (χ3n) is 4.22. The number of ether oxygens (including phenoxy) is 1. The highest BCUT2D eigenvalue weighted by Gasteiger charge is 2.31. The molecule has 1 heterocycles. The molecule has 1 aromatic rings. The highest BCUT2D eigenvalue weighted by Crippen LogP contribution is 2.44. The first-order chi connectivity index (χ1) is 11.4. The van der Waals surface area contributed by atoms with Crippen molar-refractivity contribution in [2.75, 3.05) is 13.1 Å². The second-order valence-corrected chi connectivity index (χ2v) is 7.28. The van der Waals surface area contributed by atoms with Gasteiger partial charge < -0.3 is 26.9 Å². The summed E-state index contributed by atoms with van der Waals surface area (Å²) >= 11 is 0. The Morgan fingerprint density at radius 2 is 1.60 bits per heavy atom. The van der Waals surface area contributed by atoms with E-state index in [0.29, 0.717) is 5.92 Å². The molecule has 1 aromatic carbocycles. The van der Waals surface area contributed by atoms with Crippen molar-refractivity contribution in [3.05, 3.63) is 35.6 Å². The van der Waals surface area contributed by atoms with Crippen molar-refractivity contribution in [1.82, 2.24) is 0 Å². The Kier molecular flexibility index (Phi) is 7.12. The lowest BCUT2D eigenvalue weighted by Crippen LogP contribution is -3.06. The van der Waals surface area contributed by atoms with E-state index in [2.05, 4.69) is 65.8 Å². The molecule has 1 unspecified atom stereocenters. The molecule has 0 amide bonds. The zero-order valence-electron chi connectivity index (χ0n) is 15.8. The van der Waals surface area contributed by atoms with Crippen LogP contribution in [0.1, 0.15) is 53.0 Å². The molecule has 0 fully saturated rings. The van der Waals surface area contributed by atoms with Crippen LogP contribution in [-0.2, 0) is 0 Å². The minimum Gasteiger partial charge on any atom is -0.462 e. The number of hydrogen-bond acceptors (Lipinski definition) is 1. The molecule has 0 saturated heterocycles. The first-order valence-corrected chi connectivity index (χ1v) is 8.59. The Morgan fingerprint density at radius 3 is 2.04 bits per heavy atom. The van der Waals surface area contributed by atoms with E-state index in [-0.39, 0.29) is 5.41 Å². The van der Waals surface area contributed by atoms with Crippen molar-refractivity contribution in [3.63, 3.8) is 0 Å². The molecule has 0 saturated carbocycles. The summed E-state index contributed by atoms with van der Waals surface area (Å²) in [6.45, 7) is 15.6. The number of halogens is 4. The second kappa shape index (κ2) is 8.26. The molecule has 2 nitrogen and oxygen atoms in total. The zero-order valence-corrected chi connectivity index (χ0v) is 15.8. The van der Waals surface area contributed by atoms with E-state index in [1.807, 2.05) is 0 Å². The molecule has 7 heteroatoms. The van der Waals surface area contributed by atoms with Gasteiger partial charge in [0.15, 0.2) is 0 Å². The van der Waals surface area contributed by atoms with Crippen LogP contribution in [0.15, 0.2) is 30.0 Å². The van der Waals surface area contributed by atoms with Crippen LogP contribution in [0.25, 0.3) is 0 Å². The normalized spacial score (nSPS) is 17.2. The topological polar surface area (TPSA) is 13.7 Å². The van der Waals surface area contributed by atoms with Crippen LogP contribution in [0, 0.1) is 5.41 Å². The molecule has 1 aliphatic heterocycles. The minimum absolute atomic E-state index is 0.212. The number of hydrogen-bond donors (Lipinski definition) is 1. The van der Waals surface area contributed by atoms with Crippen LogP contribution in [0.2, 0.25) is 0 Å². The van der Waals surface area contributed by atoms with Gasteiger partial charge in [-0.2, -0.15) is 0 Å². The summed E-state index contributed by atoms with van der Waals surface area (Å²) in [6.07, 6.45) is 2.26. The summed E-state index contributed by atoms with van der Waals surface area (Å²) in [4.78, 5) is 1.50. The smallest absolute Gasteiger partial charge is 0.462 e. The first kappa shape index (κ1) is 21.5. The quantitative estimate of drug-likeness (QED) is 0.593. The number of allylic oxidation sites excluding steroid dienone is 2. The molecular formula is C18H28BF4NO. The molecule has 25 heavy (non-hydrogen) atoms. The lowest BCUT2D eigenvalue weighted by molar-refractivity contribution is -0.828. The Labute approximate surface area is 148 Å². The summed E-state index contributed by atoms with van der Waals surface area (Å²) < 4.78 is 45.0. The molecule has 0 bridgehead atoms. The van der Waals surface area contributed by atoms with Crippen LogP contribution in [0.5, 0.6) is 5.75 Å². The van der Waals surface area contributed by atoms with Gasteiger partial charge in [0.25, 0.3) is 0 Å². The van der Waals surface area contributed by atoms with Gasteiger partial charge in [0.05, 0.1) is 18.8 Å². The Morgan fingerprint density at radius 1 is 1.08 bits per heavy atom. The van der Waals surface area contributed by atoms with E-state index in [9.17, 15) is 17.3 Å². The van der Waals surface area contributed by atoms with Crippen molar-refractivity contribution in [1.29, 1.82) is 0 Å². The van der Waals surface area contributed by atoms with Gasteiger partial charge in [-0.15, -0.1) is 0 Å². The van der Waals surface area contributed by atoms with Gasteiger partial charge in [0, 0.05) is 17.5 Å². The number of nitrogens with one attached hydrogen (secondary N) is 1. The highest BCUT2D eigenvalue weighted by molar-refractivity contribution is 6.50. The molecule has 2 rings (SSSR count). The Balaban J connectivity index is 0.000000550. The average molecular weight is 361 g/mol. The van der Waals surface area contributed by atoms with Crippen molar-refractivity contribution < 1.29 is 26.9 Å². The maximum absolute atomic E-state index is 9.75. The van der Waals surface area contributed by atoms with Gasteiger partial charge in [-0.1, -0.05) is 20.8 Å². The monoisotopic (exact) mass is 361 g/mol. The van der Waals surface area contributed by atoms with Crippen molar-refractivity contribution in [3.8, 4) is 5.75 Å². The summed E-state index contributed by atoms with van der Waals surface area (Å²) in [5, 5.41) is 0. The first-order valence-electron chi connectivity index (χ1n) is 8.59. The fourth-order valence-electron chi connectivity index (χ4n) is 3.01. The van der Waals surface area contributed by atoms with E-state index in [1.165, 1.54) is 16.2 Å². The lowest BCUT2D eigenvalue weighted by atomic mass is 9.75. The molecule has 0 spiro atoms. The van der Waals surface area contributed by atoms with E-state index in [1.54, 1.807) is 0 Å². The molecule has 1 aliphatic rings. The molecular weight excluding hydrogens is 333 g/mol. The van der Waals surface area contributed by atoms with Gasteiger partial charge in [-0.3, -0.25) is 0 Å². The number of quaternary nitrogens is 1. The second-order valence-electron chi connectivity index (χ2n) is 7.28. The minimum atomic E-state index is -6.00. The third-order valence-corrected chi connectivity index (χ3v) is 4.22. The molecule has 142 valence electrons. The molecule has 1 atom stereocenters. The molecule has 0 radical (unpaired) electrons. The van der Waals surface area contributed by atoms with Gasteiger partial charge in [0.1, 0.15) is 11.4 Å². The largest absolute Gasteiger partial charge is 0.673 e. The van der Waals surface area contributed by atoms with Gasteiger partial charge in [-0.05, 0) is 44.4 Å². The average Bonchev–Trinajstić information content (AvgIpc) is 2.44. The summed E-state index contributed by atoms with van der Waals surface area (Å²) in [6, 6.07) is 6.75. The number of rotatable bonds is 3. The van der Waals surface area contributed by atoms with Crippen LogP contribution >= 0.6 is 0 Å². The Hall–Kier alpha value is -1.50. The SMILES string of the molecule is CC[NH+](CC)c1ccc2c(c1)OC(C)=CC2C(C)(C)C.F[B-](F)(F)F. The maximum atomic E-state index is 9.75. The van der Waals surface area contributed by atoms with Crippen LogP contribution in [0.3, 0.4) is 0 Å². The fraction of sp³-hybridized carbons (Fsp3) is 0.556. The molecule has 0 aliphatic carbocycles. The van der Waals surface area contributed by atoms with Gasteiger partial charge in [0.2, 0.25) is 0 Å². The number of benzene rings is 1. The standard InChI is InChI=1S/C18H27NO.BF4/c1-7-19(8-2)14-9-10-15-16(18(4,5)6)11-13(3)20-17(15)12-14;2-1(3,4)5/h9-12,16H,7-8H2,1-6H3;/q;-1/p+1. The summed E-state index contributed by atoms with van der Waals surface area (Å²) in [5.74, 6) is 2.48. The van der Waals surface area contributed by atoms with Crippen molar-refractivity contribution >= 4 is 12.9 Å². The van der Waals surface area contributed by atoms with E-state index in [4.69, 9.17) is 4.74 Å². The predicted molar refractivity (Wildman–Crippen MR) is 94.9 cm³/mol. The van der Waals surface area contributed by atoms with Gasteiger partial charge >= 0.3 is 7.25 Å². The lowest BCUT2D eigenvalue weighted by Gasteiger charge is -2.33. The van der Waals surface area contributed by atoms with Crippen LogP contribution < -0.4 is 9.64 Å². The molecule has 1 N–H and O–H groups in total. The fourth-order valence-corrected chi connectivity index (χ4v) is 3.01. The van der Waals surface area contributed by atoms with Crippen molar-refractivity contribution in [2.24, 2.45) is 5.41 Å². The molecule has 0 aromatic heterocycles. The van der Waals surface area contributed by atoms with Crippen LogP contribution in [-0.4, -0.2) is 20.3 Å². The van der Waals surface area contributed by atoms with Crippen LogP contribution in [0.4, 0.5) is 23.0 Å². The Bertz CT molecular complexity index is 598. The maximum Gasteiger partial charge on any atom is 0.673 e. The van der Waals surface area contributed by atoms with E-state index < -0.39 is 7.25 Å². The predicted octanol–water partition coefficient (Wildman–Crippen LogP) is 4.97. The van der Waals surface area contributed by atoms with E-state index in [0.717, 1.165) is 24.6 Å². The zero-order chi connectivity index (χ0) is 19.4.